The molecule has 0 aromatic heterocycles. The van der Waals surface area contributed by atoms with Gasteiger partial charge in [-0.05, 0) is 36.5 Å². The summed E-state index contributed by atoms with van der Waals surface area (Å²) in [6.07, 6.45) is 2.38. The quantitative estimate of drug-likeness (QED) is 0.733. The van der Waals surface area contributed by atoms with E-state index >= 15 is 0 Å². The number of nitrogens with one attached hydrogen (secondary N) is 1. The SMILES string of the molecule is ONCc1ccc(OCC2CC2)c(F)c1. The molecule has 0 heterocycles. The lowest BCUT2D eigenvalue weighted by molar-refractivity contribution is 0.161. The lowest BCUT2D eigenvalue weighted by Gasteiger charge is -2.07. The van der Waals surface area contributed by atoms with Crippen LogP contribution in [0.4, 0.5) is 4.39 Å². The summed E-state index contributed by atoms with van der Waals surface area (Å²) >= 11 is 0. The normalized spacial score (nSPS) is 15.3. The predicted molar refractivity (Wildman–Crippen MR) is 53.2 cm³/mol. The van der Waals surface area contributed by atoms with Crippen LogP contribution in [0.25, 0.3) is 0 Å². The molecule has 0 radical (unpaired) electrons. The number of hydrogen-bond acceptors (Lipinski definition) is 3. The predicted octanol–water partition coefficient (Wildman–Crippen LogP) is 2.09. The van der Waals surface area contributed by atoms with Crippen LogP contribution in [0.3, 0.4) is 0 Å². The molecule has 1 aliphatic carbocycles. The van der Waals surface area contributed by atoms with Gasteiger partial charge in [-0.1, -0.05) is 6.07 Å². The van der Waals surface area contributed by atoms with Gasteiger partial charge in [0.2, 0.25) is 0 Å². The van der Waals surface area contributed by atoms with Crippen LogP contribution >= 0.6 is 0 Å². The van der Waals surface area contributed by atoms with Gasteiger partial charge in [0.1, 0.15) is 0 Å². The minimum absolute atomic E-state index is 0.236. The summed E-state index contributed by atoms with van der Waals surface area (Å²) in [5, 5.41) is 8.46. The second-order valence-corrected chi connectivity index (χ2v) is 3.85. The van der Waals surface area contributed by atoms with Gasteiger partial charge in [0.25, 0.3) is 0 Å². The van der Waals surface area contributed by atoms with Crippen molar-refractivity contribution >= 4 is 0 Å². The van der Waals surface area contributed by atoms with E-state index in [4.69, 9.17) is 9.94 Å². The summed E-state index contributed by atoms with van der Waals surface area (Å²) in [6, 6.07) is 4.70. The van der Waals surface area contributed by atoms with Crippen LogP contribution in [0, 0.1) is 11.7 Å². The Morgan fingerprint density at radius 1 is 1.47 bits per heavy atom. The Kier molecular flexibility index (Phi) is 3.18. The van der Waals surface area contributed by atoms with Gasteiger partial charge in [0, 0.05) is 6.54 Å². The highest BCUT2D eigenvalue weighted by Gasteiger charge is 2.22. The number of hydrogen-bond donors (Lipinski definition) is 2. The highest BCUT2D eigenvalue weighted by molar-refractivity contribution is 5.29. The number of ether oxygens (including phenoxy) is 1. The molecule has 1 aliphatic rings. The maximum atomic E-state index is 13.4. The molecule has 0 amide bonds. The third-order valence-corrected chi connectivity index (χ3v) is 2.45. The van der Waals surface area contributed by atoms with E-state index in [1.165, 1.54) is 18.9 Å². The standard InChI is InChI=1S/C11H14FNO2/c12-10-5-9(6-13-14)3-4-11(10)15-7-8-1-2-8/h3-5,8,13-14H,1-2,6-7H2. The fourth-order valence-corrected chi connectivity index (χ4v) is 1.35. The van der Waals surface area contributed by atoms with Crippen molar-refractivity contribution in [1.82, 2.24) is 5.48 Å². The zero-order valence-electron chi connectivity index (χ0n) is 8.37. The third kappa shape index (κ3) is 2.91. The monoisotopic (exact) mass is 211 g/mol. The van der Waals surface area contributed by atoms with Crippen LogP contribution in [0.15, 0.2) is 18.2 Å². The Morgan fingerprint density at radius 3 is 2.87 bits per heavy atom. The Balaban J connectivity index is 1.97. The van der Waals surface area contributed by atoms with Crippen LogP contribution in [0.1, 0.15) is 18.4 Å². The first-order valence-corrected chi connectivity index (χ1v) is 5.08. The highest BCUT2D eigenvalue weighted by Crippen LogP contribution is 2.30. The van der Waals surface area contributed by atoms with Gasteiger partial charge in [0.15, 0.2) is 11.6 Å². The van der Waals surface area contributed by atoms with Gasteiger partial charge in [-0.15, -0.1) is 0 Å². The Bertz CT molecular complexity index is 339. The first-order chi connectivity index (χ1) is 7.29. The summed E-state index contributed by atoms with van der Waals surface area (Å²) in [5.41, 5.74) is 2.67. The topological polar surface area (TPSA) is 41.5 Å². The Labute approximate surface area is 87.8 Å². The molecule has 2 N–H and O–H groups in total. The Morgan fingerprint density at radius 2 is 2.27 bits per heavy atom. The van der Waals surface area contributed by atoms with E-state index in [1.54, 1.807) is 12.1 Å². The second-order valence-electron chi connectivity index (χ2n) is 3.85. The molecule has 4 heteroatoms. The third-order valence-electron chi connectivity index (χ3n) is 2.45. The average Bonchev–Trinajstić information content (AvgIpc) is 3.01. The van der Waals surface area contributed by atoms with Gasteiger partial charge in [-0.3, -0.25) is 0 Å². The zero-order valence-corrected chi connectivity index (χ0v) is 8.37. The molecule has 0 saturated heterocycles. The van der Waals surface area contributed by atoms with Crippen molar-refractivity contribution in [3.8, 4) is 5.75 Å². The molecular weight excluding hydrogens is 197 g/mol. The maximum Gasteiger partial charge on any atom is 0.165 e. The van der Waals surface area contributed by atoms with Gasteiger partial charge in [0.05, 0.1) is 6.61 Å². The zero-order chi connectivity index (χ0) is 10.7. The van der Waals surface area contributed by atoms with E-state index in [-0.39, 0.29) is 12.4 Å². The second kappa shape index (κ2) is 4.59. The van der Waals surface area contributed by atoms with Crippen LogP contribution in [0.2, 0.25) is 0 Å². The maximum absolute atomic E-state index is 13.4. The smallest absolute Gasteiger partial charge is 0.165 e. The summed E-state index contributed by atoms with van der Waals surface area (Å²) in [5.74, 6) is 0.537. The van der Waals surface area contributed by atoms with Gasteiger partial charge >= 0.3 is 0 Å². The largest absolute Gasteiger partial charge is 0.490 e. The van der Waals surface area contributed by atoms with E-state index < -0.39 is 0 Å². The van der Waals surface area contributed by atoms with Crippen molar-refractivity contribution in [1.29, 1.82) is 0 Å². The number of benzene rings is 1. The van der Waals surface area contributed by atoms with E-state index in [0.717, 1.165) is 0 Å². The van der Waals surface area contributed by atoms with Crippen molar-refractivity contribution < 1.29 is 14.3 Å². The molecule has 2 rings (SSSR count). The molecule has 1 aromatic rings. The van der Waals surface area contributed by atoms with E-state index in [1.807, 2.05) is 5.48 Å². The molecule has 3 nitrogen and oxygen atoms in total. The van der Waals surface area contributed by atoms with Crippen LogP contribution < -0.4 is 10.2 Å². The molecule has 0 spiro atoms. The molecule has 1 saturated carbocycles. The number of hydroxylamine groups is 1. The first-order valence-electron chi connectivity index (χ1n) is 5.08. The van der Waals surface area contributed by atoms with Gasteiger partial charge in [-0.25, -0.2) is 9.87 Å². The van der Waals surface area contributed by atoms with Crippen molar-refractivity contribution in [2.75, 3.05) is 6.61 Å². The minimum atomic E-state index is -0.372. The first kappa shape index (κ1) is 10.4. The van der Waals surface area contributed by atoms with Crippen LogP contribution in [0.5, 0.6) is 5.75 Å². The minimum Gasteiger partial charge on any atom is -0.490 e. The molecular formula is C11H14FNO2. The molecule has 82 valence electrons. The van der Waals surface area contributed by atoms with Crippen molar-refractivity contribution in [2.45, 2.75) is 19.4 Å². The fourth-order valence-electron chi connectivity index (χ4n) is 1.35. The summed E-state index contributed by atoms with van der Waals surface area (Å²) in [4.78, 5) is 0. The van der Waals surface area contributed by atoms with Crippen LogP contribution in [-0.2, 0) is 6.54 Å². The molecule has 1 fully saturated rings. The van der Waals surface area contributed by atoms with E-state index in [9.17, 15) is 4.39 Å². The number of halogens is 1. The lowest BCUT2D eigenvalue weighted by Crippen LogP contribution is -2.07. The lowest BCUT2D eigenvalue weighted by atomic mass is 10.2. The molecule has 0 aliphatic heterocycles. The van der Waals surface area contributed by atoms with E-state index in [0.29, 0.717) is 23.8 Å². The van der Waals surface area contributed by atoms with Crippen molar-refractivity contribution in [3.63, 3.8) is 0 Å². The van der Waals surface area contributed by atoms with E-state index in [2.05, 4.69) is 0 Å². The molecule has 0 atom stereocenters. The van der Waals surface area contributed by atoms with Gasteiger partial charge < -0.3 is 9.94 Å². The molecule has 1 aromatic carbocycles. The van der Waals surface area contributed by atoms with Crippen molar-refractivity contribution in [3.05, 3.63) is 29.6 Å². The molecule has 15 heavy (non-hydrogen) atoms. The van der Waals surface area contributed by atoms with Crippen LogP contribution in [-0.4, -0.2) is 11.8 Å². The number of rotatable bonds is 5. The summed E-state index contributed by atoms with van der Waals surface area (Å²) in [7, 11) is 0. The van der Waals surface area contributed by atoms with Gasteiger partial charge in [-0.2, -0.15) is 0 Å². The summed E-state index contributed by atoms with van der Waals surface area (Å²) < 4.78 is 18.7. The molecule has 0 unspecified atom stereocenters. The average molecular weight is 211 g/mol. The Hall–Kier alpha value is -1.13. The summed E-state index contributed by atoms with van der Waals surface area (Å²) in [6.45, 7) is 0.842. The molecule has 0 bridgehead atoms. The van der Waals surface area contributed by atoms with Crippen molar-refractivity contribution in [2.24, 2.45) is 5.92 Å². The fraction of sp³-hybridized carbons (Fsp3) is 0.455. The highest BCUT2D eigenvalue weighted by atomic mass is 19.1.